The van der Waals surface area contributed by atoms with Gasteiger partial charge in [-0.3, -0.25) is 10.00 Å². The molecule has 0 amide bonds. The zero-order valence-electron chi connectivity index (χ0n) is 12.5. The summed E-state index contributed by atoms with van der Waals surface area (Å²) in [5.74, 6) is 0.235. The SMILES string of the molecule is COC(=O)C(Cn1nc(C)cc1C)(NC1CC1)C1CC1. The van der Waals surface area contributed by atoms with Crippen molar-refractivity contribution in [3.8, 4) is 0 Å². The van der Waals surface area contributed by atoms with Crippen molar-refractivity contribution in [2.75, 3.05) is 7.11 Å². The average Bonchev–Trinajstić information content (AvgIpc) is 3.28. The topological polar surface area (TPSA) is 56.2 Å². The van der Waals surface area contributed by atoms with Crippen LogP contribution in [0.1, 0.15) is 37.1 Å². The number of hydrogen-bond donors (Lipinski definition) is 1. The predicted molar refractivity (Wildman–Crippen MR) is 75.3 cm³/mol. The van der Waals surface area contributed by atoms with Crippen LogP contribution in [-0.2, 0) is 16.1 Å². The second-order valence-corrected chi connectivity index (χ2v) is 6.24. The summed E-state index contributed by atoms with van der Waals surface area (Å²) in [7, 11) is 1.48. The molecule has 2 saturated carbocycles. The zero-order chi connectivity index (χ0) is 14.3. The molecule has 1 aromatic heterocycles. The molecule has 1 atom stereocenters. The Labute approximate surface area is 119 Å². The van der Waals surface area contributed by atoms with Crippen LogP contribution in [0.4, 0.5) is 0 Å². The van der Waals surface area contributed by atoms with Gasteiger partial charge in [-0.15, -0.1) is 0 Å². The van der Waals surface area contributed by atoms with Gasteiger partial charge in [0.2, 0.25) is 0 Å². The standard InChI is InChI=1S/C15H23N3O2/c1-10-8-11(2)18(17-10)9-15(12-4-5-12,14(19)20-3)16-13-6-7-13/h8,12-13,16H,4-7,9H2,1-3H3. The maximum Gasteiger partial charge on any atom is 0.328 e. The van der Waals surface area contributed by atoms with E-state index in [-0.39, 0.29) is 5.97 Å². The minimum Gasteiger partial charge on any atom is -0.468 e. The molecule has 2 fully saturated rings. The number of methoxy groups -OCH3 is 1. The summed E-state index contributed by atoms with van der Waals surface area (Å²) in [4.78, 5) is 12.5. The van der Waals surface area contributed by atoms with Crippen molar-refractivity contribution in [1.82, 2.24) is 15.1 Å². The van der Waals surface area contributed by atoms with E-state index in [0.717, 1.165) is 37.1 Å². The van der Waals surface area contributed by atoms with Crippen LogP contribution in [0.2, 0.25) is 0 Å². The quantitative estimate of drug-likeness (QED) is 0.802. The molecular formula is C15H23N3O2. The zero-order valence-corrected chi connectivity index (χ0v) is 12.5. The Hall–Kier alpha value is -1.36. The number of esters is 1. The molecule has 110 valence electrons. The minimum atomic E-state index is -0.598. The number of hydrogen-bond acceptors (Lipinski definition) is 4. The van der Waals surface area contributed by atoms with Crippen molar-refractivity contribution in [3.05, 3.63) is 17.5 Å². The summed E-state index contributed by atoms with van der Waals surface area (Å²) in [6.45, 7) is 4.58. The van der Waals surface area contributed by atoms with Gasteiger partial charge in [-0.2, -0.15) is 5.10 Å². The Kier molecular flexibility index (Phi) is 3.32. The number of aromatic nitrogens is 2. The molecule has 0 aromatic carbocycles. The maximum absolute atomic E-state index is 12.5. The van der Waals surface area contributed by atoms with Gasteiger partial charge in [0, 0.05) is 11.7 Å². The van der Waals surface area contributed by atoms with E-state index < -0.39 is 5.54 Å². The number of nitrogens with one attached hydrogen (secondary N) is 1. The Morgan fingerprint density at radius 2 is 2.15 bits per heavy atom. The summed E-state index contributed by atoms with van der Waals surface area (Å²) in [6.07, 6.45) is 4.49. The molecule has 3 rings (SSSR count). The van der Waals surface area contributed by atoms with E-state index in [2.05, 4.69) is 10.4 Å². The van der Waals surface area contributed by atoms with Gasteiger partial charge in [0.25, 0.3) is 0 Å². The molecule has 20 heavy (non-hydrogen) atoms. The summed E-state index contributed by atoms with van der Waals surface area (Å²) in [6, 6.07) is 2.51. The van der Waals surface area contributed by atoms with Crippen LogP contribution in [0.5, 0.6) is 0 Å². The number of aryl methyl sites for hydroxylation is 2. The van der Waals surface area contributed by atoms with E-state index in [0.29, 0.717) is 18.5 Å². The van der Waals surface area contributed by atoms with Crippen LogP contribution in [0.25, 0.3) is 0 Å². The highest BCUT2D eigenvalue weighted by Crippen LogP contribution is 2.43. The highest BCUT2D eigenvalue weighted by atomic mass is 16.5. The van der Waals surface area contributed by atoms with Crippen molar-refractivity contribution in [2.45, 2.75) is 57.7 Å². The summed E-state index contributed by atoms with van der Waals surface area (Å²) >= 11 is 0. The lowest BCUT2D eigenvalue weighted by Crippen LogP contribution is -2.58. The Morgan fingerprint density at radius 1 is 1.45 bits per heavy atom. The van der Waals surface area contributed by atoms with Crippen molar-refractivity contribution < 1.29 is 9.53 Å². The van der Waals surface area contributed by atoms with Crippen molar-refractivity contribution >= 4 is 5.97 Å². The third kappa shape index (κ3) is 2.46. The van der Waals surface area contributed by atoms with E-state index in [1.165, 1.54) is 7.11 Å². The average molecular weight is 277 g/mol. The Bertz CT molecular complexity index is 517. The van der Waals surface area contributed by atoms with Crippen molar-refractivity contribution in [2.24, 2.45) is 5.92 Å². The molecule has 0 saturated heterocycles. The van der Waals surface area contributed by atoms with Gasteiger partial charge >= 0.3 is 5.97 Å². The first-order valence-corrected chi connectivity index (χ1v) is 7.42. The molecule has 0 radical (unpaired) electrons. The van der Waals surface area contributed by atoms with Gasteiger partial charge < -0.3 is 4.74 Å². The minimum absolute atomic E-state index is 0.139. The van der Waals surface area contributed by atoms with Crippen LogP contribution in [0.3, 0.4) is 0 Å². The van der Waals surface area contributed by atoms with E-state index >= 15 is 0 Å². The molecule has 1 unspecified atom stereocenters. The molecular weight excluding hydrogens is 254 g/mol. The molecule has 0 bridgehead atoms. The molecule has 5 heteroatoms. The van der Waals surface area contributed by atoms with Gasteiger partial charge in [0.1, 0.15) is 5.54 Å². The second kappa shape index (κ2) is 4.88. The lowest BCUT2D eigenvalue weighted by molar-refractivity contribution is -0.150. The Morgan fingerprint density at radius 3 is 2.60 bits per heavy atom. The van der Waals surface area contributed by atoms with Crippen molar-refractivity contribution in [3.63, 3.8) is 0 Å². The monoisotopic (exact) mass is 277 g/mol. The van der Waals surface area contributed by atoms with Crippen LogP contribution < -0.4 is 5.32 Å². The van der Waals surface area contributed by atoms with Gasteiger partial charge in [-0.05, 0) is 51.5 Å². The molecule has 0 aliphatic heterocycles. The third-order valence-electron chi connectivity index (χ3n) is 4.37. The molecule has 1 N–H and O–H groups in total. The molecule has 0 spiro atoms. The number of nitrogens with zero attached hydrogens (tertiary/aromatic N) is 2. The van der Waals surface area contributed by atoms with E-state index in [9.17, 15) is 4.79 Å². The number of carbonyl (C=O) groups excluding carboxylic acids is 1. The molecule has 1 heterocycles. The normalized spacial score (nSPS) is 21.6. The van der Waals surface area contributed by atoms with Gasteiger partial charge in [-0.1, -0.05) is 0 Å². The second-order valence-electron chi connectivity index (χ2n) is 6.24. The highest BCUT2D eigenvalue weighted by Gasteiger charge is 2.54. The number of ether oxygens (including phenoxy) is 1. The summed E-state index contributed by atoms with van der Waals surface area (Å²) in [5, 5.41) is 8.09. The molecule has 2 aliphatic carbocycles. The lowest BCUT2D eigenvalue weighted by atomic mass is 9.92. The largest absolute Gasteiger partial charge is 0.468 e. The van der Waals surface area contributed by atoms with Crippen LogP contribution in [-0.4, -0.2) is 34.4 Å². The predicted octanol–water partition coefficient (Wildman–Crippen LogP) is 1.57. The Balaban J connectivity index is 1.90. The molecule has 1 aromatic rings. The smallest absolute Gasteiger partial charge is 0.328 e. The first kappa shape index (κ1) is 13.6. The van der Waals surface area contributed by atoms with Gasteiger partial charge in [-0.25, -0.2) is 4.79 Å². The first-order valence-electron chi connectivity index (χ1n) is 7.42. The number of rotatable bonds is 6. The lowest BCUT2D eigenvalue weighted by Gasteiger charge is -2.33. The fourth-order valence-electron chi connectivity index (χ4n) is 3.00. The van der Waals surface area contributed by atoms with Crippen LogP contribution in [0.15, 0.2) is 6.07 Å². The third-order valence-corrected chi connectivity index (χ3v) is 4.37. The highest BCUT2D eigenvalue weighted by molar-refractivity contribution is 5.82. The summed E-state index contributed by atoms with van der Waals surface area (Å²) < 4.78 is 7.07. The van der Waals surface area contributed by atoms with E-state index in [1.54, 1.807) is 0 Å². The van der Waals surface area contributed by atoms with Crippen molar-refractivity contribution in [1.29, 1.82) is 0 Å². The van der Waals surface area contributed by atoms with Crippen LogP contribution >= 0.6 is 0 Å². The molecule has 2 aliphatic rings. The summed E-state index contributed by atoms with van der Waals surface area (Å²) in [5.41, 5.74) is 1.48. The molecule has 5 nitrogen and oxygen atoms in total. The number of carbonyl (C=O) groups is 1. The van der Waals surface area contributed by atoms with E-state index in [4.69, 9.17) is 4.74 Å². The fraction of sp³-hybridized carbons (Fsp3) is 0.733. The maximum atomic E-state index is 12.5. The first-order chi connectivity index (χ1) is 9.55. The van der Waals surface area contributed by atoms with Crippen LogP contribution in [0, 0.1) is 19.8 Å². The van der Waals surface area contributed by atoms with E-state index in [1.807, 2.05) is 24.6 Å². The van der Waals surface area contributed by atoms with Gasteiger partial charge in [0.15, 0.2) is 0 Å². The fourth-order valence-corrected chi connectivity index (χ4v) is 3.00. The van der Waals surface area contributed by atoms with Gasteiger partial charge in [0.05, 0.1) is 19.3 Å².